The summed E-state index contributed by atoms with van der Waals surface area (Å²) in [4.78, 5) is 36.4. The van der Waals surface area contributed by atoms with Crippen LogP contribution in [0, 0.1) is 11.3 Å². The minimum absolute atomic E-state index is 0.0785. The van der Waals surface area contributed by atoms with Crippen molar-refractivity contribution in [2.75, 3.05) is 31.2 Å². The number of anilines is 1. The van der Waals surface area contributed by atoms with E-state index >= 15 is 0 Å². The van der Waals surface area contributed by atoms with E-state index in [0.29, 0.717) is 53.9 Å². The Bertz CT molecular complexity index is 1240. The van der Waals surface area contributed by atoms with Gasteiger partial charge in [0.05, 0.1) is 36.5 Å². The van der Waals surface area contributed by atoms with Crippen molar-refractivity contribution in [2.24, 2.45) is 16.3 Å². The molecule has 6 nitrogen and oxygen atoms in total. The third-order valence-electron chi connectivity index (χ3n) is 7.33. The number of nitrogens with zero attached hydrogens (tertiary/aromatic N) is 3. The van der Waals surface area contributed by atoms with Crippen molar-refractivity contribution in [1.82, 2.24) is 4.90 Å². The summed E-state index contributed by atoms with van der Waals surface area (Å²) in [5.74, 6) is -0.658. The van der Waals surface area contributed by atoms with Gasteiger partial charge in [-0.15, -0.1) is 0 Å². The molecule has 0 bridgehead atoms. The summed E-state index contributed by atoms with van der Waals surface area (Å²) >= 11 is 13.0. The van der Waals surface area contributed by atoms with Crippen molar-refractivity contribution in [3.05, 3.63) is 57.6 Å². The summed E-state index contributed by atoms with van der Waals surface area (Å²) < 4.78 is 5.53. The molecule has 0 N–H and O–H groups in total. The number of amides is 1. The highest BCUT2D eigenvalue weighted by Gasteiger charge is 2.48. The maximum absolute atomic E-state index is 13.8. The highest BCUT2D eigenvalue weighted by Crippen LogP contribution is 2.50. The Morgan fingerprint density at radius 3 is 2.58 bits per heavy atom. The lowest BCUT2D eigenvalue weighted by Gasteiger charge is -2.41. The van der Waals surface area contributed by atoms with Gasteiger partial charge < -0.3 is 9.64 Å². The molecular formula is C28H31Cl2N3O3. The minimum Gasteiger partial charge on any atom is -0.379 e. The van der Waals surface area contributed by atoms with E-state index in [4.69, 9.17) is 32.9 Å². The van der Waals surface area contributed by atoms with Crippen molar-refractivity contribution in [1.29, 1.82) is 0 Å². The maximum Gasteiger partial charge on any atom is 0.224 e. The third-order valence-corrected chi connectivity index (χ3v) is 7.90. The molecule has 1 aliphatic carbocycles. The molecule has 2 aliphatic heterocycles. The Labute approximate surface area is 222 Å². The number of ether oxygens (including phenoxy) is 1. The van der Waals surface area contributed by atoms with Gasteiger partial charge in [0.25, 0.3) is 0 Å². The molecule has 36 heavy (non-hydrogen) atoms. The topological polar surface area (TPSA) is 62.2 Å². The van der Waals surface area contributed by atoms with Gasteiger partial charge in [0, 0.05) is 48.7 Å². The van der Waals surface area contributed by atoms with Crippen LogP contribution in [0.25, 0.3) is 0 Å². The van der Waals surface area contributed by atoms with E-state index in [1.165, 1.54) is 0 Å². The van der Waals surface area contributed by atoms with Crippen LogP contribution in [-0.4, -0.2) is 48.6 Å². The molecular weight excluding hydrogens is 497 g/mol. The predicted molar refractivity (Wildman–Crippen MR) is 144 cm³/mol. The first kappa shape index (κ1) is 25.4. The number of carbonyl (C=O) groups excluding carboxylic acids is 2. The summed E-state index contributed by atoms with van der Waals surface area (Å²) in [7, 11) is 0. The Hall–Kier alpha value is -2.25. The molecule has 1 amide bonds. The number of carbonyl (C=O) groups is 2. The van der Waals surface area contributed by atoms with Crippen LogP contribution in [0.4, 0.5) is 11.4 Å². The van der Waals surface area contributed by atoms with E-state index in [0.717, 1.165) is 30.1 Å². The first-order chi connectivity index (χ1) is 17.1. The molecule has 0 aromatic heterocycles. The van der Waals surface area contributed by atoms with Crippen molar-refractivity contribution >= 4 is 52.0 Å². The fraction of sp³-hybridized carbons (Fsp3) is 0.464. The highest BCUT2D eigenvalue weighted by molar-refractivity contribution is 6.35. The van der Waals surface area contributed by atoms with Crippen LogP contribution in [0.5, 0.6) is 0 Å². The Morgan fingerprint density at radius 1 is 1.14 bits per heavy atom. The van der Waals surface area contributed by atoms with Gasteiger partial charge in [0.2, 0.25) is 5.91 Å². The molecule has 1 saturated carbocycles. The molecule has 190 valence electrons. The number of morpholine rings is 1. The van der Waals surface area contributed by atoms with E-state index in [1.807, 2.05) is 24.3 Å². The molecule has 2 aromatic carbocycles. The van der Waals surface area contributed by atoms with E-state index in [-0.39, 0.29) is 17.1 Å². The van der Waals surface area contributed by atoms with E-state index in [9.17, 15) is 9.59 Å². The smallest absolute Gasteiger partial charge is 0.224 e. The zero-order valence-electron chi connectivity index (χ0n) is 20.9. The number of fused-ring (bicyclic) bond motifs is 2. The molecule has 2 heterocycles. The fourth-order valence-electron chi connectivity index (χ4n) is 5.83. The van der Waals surface area contributed by atoms with Crippen LogP contribution >= 0.6 is 23.2 Å². The highest BCUT2D eigenvalue weighted by atomic mass is 35.5. The molecule has 5 rings (SSSR count). The van der Waals surface area contributed by atoms with Crippen LogP contribution in [0.3, 0.4) is 0 Å². The largest absolute Gasteiger partial charge is 0.379 e. The van der Waals surface area contributed by atoms with Gasteiger partial charge >= 0.3 is 0 Å². The summed E-state index contributed by atoms with van der Waals surface area (Å²) in [6.45, 7) is 9.40. The number of halogens is 2. The maximum atomic E-state index is 13.8. The first-order valence-corrected chi connectivity index (χ1v) is 13.2. The minimum atomic E-state index is -0.610. The van der Waals surface area contributed by atoms with Gasteiger partial charge in [0.1, 0.15) is 5.78 Å². The molecule has 2 unspecified atom stereocenters. The number of aliphatic imine (C=N–C) groups is 1. The van der Waals surface area contributed by atoms with Gasteiger partial charge in [0.15, 0.2) is 0 Å². The Kier molecular flexibility index (Phi) is 6.98. The summed E-state index contributed by atoms with van der Waals surface area (Å²) in [6.07, 6.45) is 1.09. The molecule has 2 fully saturated rings. The fourth-order valence-corrected chi connectivity index (χ4v) is 6.35. The van der Waals surface area contributed by atoms with Crippen LogP contribution in [-0.2, 0) is 20.9 Å². The number of ketones is 1. The van der Waals surface area contributed by atoms with Crippen LogP contribution in [0.2, 0.25) is 10.0 Å². The number of para-hydroxylation sites is 1. The quantitative estimate of drug-likeness (QED) is 0.490. The average Bonchev–Trinajstić information content (AvgIpc) is 2.94. The SMILES string of the molecule is CC(=O)N1c2c(CN3CCOCC3)cccc2N=C2CC(C)(C)CC(=O)C2C1c1ccc(Cl)cc1Cl. The van der Waals surface area contributed by atoms with Gasteiger partial charge in [-0.05, 0) is 41.2 Å². The third kappa shape index (κ3) is 4.84. The van der Waals surface area contributed by atoms with Crippen molar-refractivity contribution in [3.63, 3.8) is 0 Å². The molecule has 3 aliphatic rings. The Balaban J connectivity index is 1.73. The number of benzene rings is 2. The van der Waals surface area contributed by atoms with Crippen molar-refractivity contribution in [3.8, 4) is 0 Å². The van der Waals surface area contributed by atoms with E-state index in [2.05, 4.69) is 18.7 Å². The second-order valence-electron chi connectivity index (χ2n) is 10.7. The molecule has 2 atom stereocenters. The first-order valence-electron chi connectivity index (χ1n) is 12.4. The van der Waals surface area contributed by atoms with E-state index in [1.54, 1.807) is 24.0 Å². The normalized spacial score (nSPS) is 24.0. The van der Waals surface area contributed by atoms with Crippen LogP contribution in [0.15, 0.2) is 41.4 Å². The lowest BCUT2D eigenvalue weighted by atomic mass is 9.68. The van der Waals surface area contributed by atoms with Crippen LogP contribution in [0.1, 0.15) is 50.8 Å². The Morgan fingerprint density at radius 2 is 1.89 bits per heavy atom. The lowest BCUT2D eigenvalue weighted by Crippen LogP contribution is -2.47. The van der Waals surface area contributed by atoms with E-state index < -0.39 is 12.0 Å². The molecule has 8 heteroatoms. The lowest BCUT2D eigenvalue weighted by molar-refractivity contribution is -0.124. The molecule has 2 aromatic rings. The number of rotatable bonds is 3. The number of hydrogen-bond donors (Lipinski definition) is 0. The average molecular weight is 528 g/mol. The standard InChI is InChI=1S/C28H31Cl2N3O3/c1-17(34)33-26-18(16-32-9-11-36-12-10-32)5-4-6-22(26)31-23-14-28(2,3)15-24(35)25(23)27(33)20-8-7-19(29)13-21(20)30/h4-8,13,25,27H,9-12,14-16H2,1-3H3. The second-order valence-corrected chi connectivity index (χ2v) is 11.6. The zero-order chi connectivity index (χ0) is 25.6. The van der Waals surface area contributed by atoms with Crippen molar-refractivity contribution < 1.29 is 14.3 Å². The zero-order valence-corrected chi connectivity index (χ0v) is 22.4. The van der Waals surface area contributed by atoms with Gasteiger partial charge in [-0.1, -0.05) is 55.2 Å². The number of Topliss-reactive ketones (excluding diaryl/α,β-unsaturated/α-hetero) is 1. The monoisotopic (exact) mass is 527 g/mol. The van der Waals surface area contributed by atoms with Gasteiger partial charge in [-0.25, -0.2) is 0 Å². The van der Waals surface area contributed by atoms with Gasteiger partial charge in [-0.3, -0.25) is 19.5 Å². The van der Waals surface area contributed by atoms with Gasteiger partial charge in [-0.2, -0.15) is 0 Å². The molecule has 0 radical (unpaired) electrons. The summed E-state index contributed by atoms with van der Waals surface area (Å²) in [6, 6.07) is 10.6. The predicted octanol–water partition coefficient (Wildman–Crippen LogP) is 6.01. The second kappa shape index (κ2) is 9.90. The van der Waals surface area contributed by atoms with Crippen LogP contribution < -0.4 is 4.90 Å². The molecule has 0 spiro atoms. The molecule has 1 saturated heterocycles. The summed E-state index contributed by atoms with van der Waals surface area (Å²) in [5, 5.41) is 0.940. The number of hydrogen-bond acceptors (Lipinski definition) is 5. The van der Waals surface area contributed by atoms with Crippen molar-refractivity contribution in [2.45, 2.75) is 46.2 Å². The summed E-state index contributed by atoms with van der Waals surface area (Å²) in [5.41, 5.74) is 3.76.